The van der Waals surface area contributed by atoms with Gasteiger partial charge in [-0.25, -0.2) is 0 Å². The van der Waals surface area contributed by atoms with Crippen molar-refractivity contribution >= 4 is 17.2 Å². The molecule has 1 aromatic heterocycles. The van der Waals surface area contributed by atoms with Gasteiger partial charge in [0.05, 0.1) is 23.6 Å². The number of methoxy groups -OCH3 is 1. The molecule has 4 aromatic rings. The summed E-state index contributed by atoms with van der Waals surface area (Å²) in [5, 5.41) is 21.4. The van der Waals surface area contributed by atoms with Gasteiger partial charge in [0.25, 0.3) is 0 Å². The van der Waals surface area contributed by atoms with Crippen molar-refractivity contribution in [1.82, 2.24) is 10.1 Å². The maximum absolute atomic E-state index is 11.8. The van der Waals surface area contributed by atoms with Gasteiger partial charge in [-0.15, -0.1) is 5.01 Å². The molecule has 4 rings (SSSR count). The van der Waals surface area contributed by atoms with Crippen LogP contribution in [-0.4, -0.2) is 28.0 Å². The summed E-state index contributed by atoms with van der Waals surface area (Å²) in [6.07, 6.45) is 0. The molecule has 3 aromatic carbocycles. The Balaban J connectivity index is 1.75. The summed E-state index contributed by atoms with van der Waals surface area (Å²) in [4.78, 5) is 15.4. The van der Waals surface area contributed by atoms with Crippen molar-refractivity contribution in [2.75, 3.05) is 12.1 Å². The van der Waals surface area contributed by atoms with Crippen molar-refractivity contribution in [1.29, 1.82) is 0 Å². The molecule has 9 nitrogen and oxygen atoms in total. The van der Waals surface area contributed by atoms with E-state index in [0.29, 0.717) is 22.7 Å². The SMILES string of the molecule is COc1ccc(-c2noc(C(=NN(c3ccccc3)c3ccccc3)[N+](=O)[O-])n2)cc1. The number of anilines is 2. The van der Waals surface area contributed by atoms with E-state index in [2.05, 4.69) is 15.2 Å². The van der Waals surface area contributed by atoms with E-state index in [1.54, 1.807) is 55.6 Å². The Labute approximate surface area is 177 Å². The van der Waals surface area contributed by atoms with E-state index in [-0.39, 0.29) is 11.7 Å². The number of nitro groups is 1. The molecule has 0 fully saturated rings. The van der Waals surface area contributed by atoms with Gasteiger partial charge in [-0.05, 0) is 53.5 Å². The number of hydrazone groups is 1. The summed E-state index contributed by atoms with van der Waals surface area (Å²) in [6, 6.07) is 25.1. The highest BCUT2D eigenvalue weighted by atomic mass is 16.6. The smallest absolute Gasteiger partial charge is 0.454 e. The molecule has 0 aliphatic heterocycles. The first-order valence-electron chi connectivity index (χ1n) is 9.27. The van der Waals surface area contributed by atoms with Gasteiger partial charge in [0.1, 0.15) is 5.75 Å². The van der Waals surface area contributed by atoms with Gasteiger partial charge in [-0.2, -0.15) is 4.98 Å². The quantitative estimate of drug-likeness (QED) is 0.197. The lowest BCUT2D eigenvalue weighted by Crippen LogP contribution is -2.20. The Hall–Kier alpha value is -4.53. The third kappa shape index (κ3) is 4.40. The van der Waals surface area contributed by atoms with Crippen LogP contribution in [0.4, 0.5) is 11.4 Å². The average Bonchev–Trinajstić information content (AvgIpc) is 3.30. The zero-order valence-electron chi connectivity index (χ0n) is 16.5. The standard InChI is InChI=1S/C22H17N5O4/c1-30-19-14-12-16(13-15-19)20-23-22(31-25-20)21(27(28)29)24-26(17-8-4-2-5-9-17)18-10-6-3-7-11-18/h2-15H,1H3. The predicted molar refractivity (Wildman–Crippen MR) is 115 cm³/mol. The topological polar surface area (TPSA) is 107 Å². The number of aromatic nitrogens is 2. The molecular formula is C22H17N5O4. The van der Waals surface area contributed by atoms with Crippen LogP contribution in [0.25, 0.3) is 11.4 Å². The van der Waals surface area contributed by atoms with E-state index < -0.39 is 10.8 Å². The van der Waals surface area contributed by atoms with E-state index in [4.69, 9.17) is 9.26 Å². The Bertz CT molecular complexity index is 1150. The van der Waals surface area contributed by atoms with Gasteiger partial charge in [-0.1, -0.05) is 41.6 Å². The molecule has 0 spiro atoms. The lowest BCUT2D eigenvalue weighted by Gasteiger charge is -2.13. The van der Waals surface area contributed by atoms with Crippen LogP contribution in [-0.2, 0) is 0 Å². The van der Waals surface area contributed by atoms with Crippen molar-refractivity contribution in [2.45, 2.75) is 0 Å². The predicted octanol–water partition coefficient (Wildman–Crippen LogP) is 4.52. The van der Waals surface area contributed by atoms with Gasteiger partial charge in [0.2, 0.25) is 5.82 Å². The van der Waals surface area contributed by atoms with Gasteiger partial charge < -0.3 is 19.4 Å². The molecule has 0 aliphatic rings. The summed E-state index contributed by atoms with van der Waals surface area (Å²) >= 11 is 0. The number of amidine groups is 1. The maximum atomic E-state index is 11.8. The highest BCUT2D eigenvalue weighted by Gasteiger charge is 2.28. The average molecular weight is 415 g/mol. The monoisotopic (exact) mass is 415 g/mol. The largest absolute Gasteiger partial charge is 0.497 e. The fourth-order valence-electron chi connectivity index (χ4n) is 2.83. The molecule has 0 saturated heterocycles. The number of rotatable bonds is 6. The molecule has 0 amide bonds. The van der Waals surface area contributed by atoms with Crippen LogP contribution in [0.3, 0.4) is 0 Å². The molecule has 0 atom stereocenters. The van der Waals surface area contributed by atoms with Crippen molar-refractivity contribution < 1.29 is 14.2 Å². The first-order chi connectivity index (χ1) is 15.2. The number of benzene rings is 3. The third-order valence-electron chi connectivity index (χ3n) is 4.33. The fourth-order valence-corrected chi connectivity index (χ4v) is 2.83. The summed E-state index contributed by atoms with van der Waals surface area (Å²) < 4.78 is 10.3. The Morgan fingerprint density at radius 2 is 1.55 bits per heavy atom. The van der Waals surface area contributed by atoms with Crippen molar-refractivity contribution in [3.8, 4) is 17.1 Å². The second kappa shape index (κ2) is 8.87. The van der Waals surface area contributed by atoms with Crippen LogP contribution in [0.5, 0.6) is 5.75 Å². The first-order valence-corrected chi connectivity index (χ1v) is 9.27. The van der Waals surface area contributed by atoms with Crippen LogP contribution in [0, 0.1) is 10.1 Å². The molecule has 0 radical (unpaired) electrons. The lowest BCUT2D eigenvalue weighted by atomic mass is 10.2. The fraction of sp³-hybridized carbons (Fsp3) is 0.0455. The van der Waals surface area contributed by atoms with E-state index in [0.717, 1.165) is 0 Å². The van der Waals surface area contributed by atoms with E-state index in [1.807, 2.05) is 36.4 Å². The minimum atomic E-state index is -0.649. The molecule has 0 saturated carbocycles. The molecule has 31 heavy (non-hydrogen) atoms. The van der Waals surface area contributed by atoms with Crippen molar-refractivity contribution in [2.24, 2.45) is 5.10 Å². The van der Waals surface area contributed by atoms with Gasteiger partial charge in [0.15, 0.2) is 0 Å². The molecular weight excluding hydrogens is 398 g/mol. The highest BCUT2D eigenvalue weighted by molar-refractivity contribution is 5.89. The highest BCUT2D eigenvalue weighted by Crippen LogP contribution is 2.26. The number of hydrogen-bond acceptors (Lipinski definition) is 8. The van der Waals surface area contributed by atoms with Crippen LogP contribution < -0.4 is 9.75 Å². The summed E-state index contributed by atoms with van der Waals surface area (Å²) in [7, 11) is 1.56. The van der Waals surface area contributed by atoms with Crippen molar-refractivity contribution in [3.63, 3.8) is 0 Å². The maximum Gasteiger partial charge on any atom is 0.454 e. The molecule has 0 bridgehead atoms. The summed E-state index contributed by atoms with van der Waals surface area (Å²) in [6.45, 7) is 0. The number of nitrogens with zero attached hydrogens (tertiary/aromatic N) is 5. The molecule has 0 aliphatic carbocycles. The third-order valence-corrected chi connectivity index (χ3v) is 4.33. The van der Waals surface area contributed by atoms with Crippen LogP contribution >= 0.6 is 0 Å². The zero-order valence-corrected chi connectivity index (χ0v) is 16.5. The van der Waals surface area contributed by atoms with Crippen LogP contribution in [0.15, 0.2) is 94.6 Å². The molecule has 9 heteroatoms. The van der Waals surface area contributed by atoms with Crippen molar-refractivity contribution in [3.05, 3.63) is 101 Å². The van der Waals surface area contributed by atoms with Gasteiger partial charge in [-0.3, -0.25) is 0 Å². The first kappa shape index (κ1) is 19.8. The van der Waals surface area contributed by atoms with Crippen LogP contribution in [0.2, 0.25) is 0 Å². The molecule has 1 heterocycles. The van der Waals surface area contributed by atoms with E-state index in [9.17, 15) is 10.1 Å². The Morgan fingerprint density at radius 3 is 2.06 bits per heavy atom. The van der Waals surface area contributed by atoms with Crippen LogP contribution in [0.1, 0.15) is 5.89 Å². The molecule has 0 N–H and O–H groups in total. The minimum Gasteiger partial charge on any atom is -0.497 e. The second-order valence-electron chi connectivity index (χ2n) is 6.32. The Kier molecular flexibility index (Phi) is 5.66. The minimum absolute atomic E-state index is 0.207. The van der Waals surface area contributed by atoms with E-state index >= 15 is 0 Å². The van der Waals surface area contributed by atoms with E-state index in [1.165, 1.54) is 5.01 Å². The zero-order chi connectivity index (χ0) is 21.6. The van der Waals surface area contributed by atoms with Gasteiger partial charge >= 0.3 is 11.7 Å². The Morgan fingerprint density at radius 1 is 0.968 bits per heavy atom. The van der Waals surface area contributed by atoms with Gasteiger partial charge in [0, 0.05) is 5.56 Å². The molecule has 0 unspecified atom stereocenters. The number of para-hydroxylation sites is 2. The number of hydrogen-bond donors (Lipinski definition) is 0. The second-order valence-corrected chi connectivity index (χ2v) is 6.32. The summed E-state index contributed by atoms with van der Waals surface area (Å²) in [5.41, 5.74) is 1.91. The normalized spacial score (nSPS) is 11.2. The lowest BCUT2D eigenvalue weighted by molar-refractivity contribution is -0.350. The number of ether oxygens (including phenoxy) is 1. The summed E-state index contributed by atoms with van der Waals surface area (Å²) in [5.74, 6) is 0.00667. The molecule has 154 valence electrons.